The van der Waals surface area contributed by atoms with Crippen molar-refractivity contribution < 1.29 is 4.74 Å². The molecule has 1 aromatic heterocycles. The summed E-state index contributed by atoms with van der Waals surface area (Å²) < 4.78 is 5.12. The van der Waals surface area contributed by atoms with Crippen LogP contribution in [-0.4, -0.2) is 24.1 Å². The monoisotopic (exact) mass is 263 g/mol. The third kappa shape index (κ3) is 3.11. The van der Waals surface area contributed by atoms with E-state index < -0.39 is 0 Å². The van der Waals surface area contributed by atoms with Gasteiger partial charge in [-0.1, -0.05) is 23.7 Å². The van der Waals surface area contributed by atoms with Crippen LogP contribution in [0.5, 0.6) is 5.75 Å². The topological polar surface area (TPSA) is 38.2 Å². The van der Waals surface area contributed by atoms with Gasteiger partial charge in [-0.2, -0.15) is 0 Å². The zero-order valence-corrected chi connectivity index (χ0v) is 11.1. The zero-order valence-electron chi connectivity index (χ0n) is 10.3. The van der Waals surface area contributed by atoms with Crippen LogP contribution in [0.1, 0.15) is 5.56 Å². The fraction of sp³-hybridized carbons (Fsp3) is 0.231. The van der Waals surface area contributed by atoms with Crippen molar-refractivity contribution in [1.82, 2.24) is 9.97 Å². The maximum Gasteiger partial charge on any atom is 0.225 e. The van der Waals surface area contributed by atoms with Crippen LogP contribution < -0.4 is 9.64 Å². The summed E-state index contributed by atoms with van der Waals surface area (Å²) in [4.78, 5) is 10.3. The van der Waals surface area contributed by atoms with Gasteiger partial charge in [-0.05, 0) is 17.7 Å². The van der Waals surface area contributed by atoms with Crippen molar-refractivity contribution >= 4 is 17.5 Å². The molecule has 0 radical (unpaired) electrons. The van der Waals surface area contributed by atoms with Gasteiger partial charge in [-0.25, -0.2) is 9.97 Å². The lowest BCUT2D eigenvalue weighted by atomic mass is 10.2. The van der Waals surface area contributed by atoms with Crippen LogP contribution in [0.25, 0.3) is 0 Å². The lowest BCUT2D eigenvalue weighted by Gasteiger charge is -2.16. The van der Waals surface area contributed by atoms with Crippen LogP contribution in [0.2, 0.25) is 5.02 Å². The molecule has 0 spiro atoms. The number of rotatable bonds is 4. The fourth-order valence-corrected chi connectivity index (χ4v) is 1.68. The minimum atomic E-state index is 0.539. The first kappa shape index (κ1) is 12.6. The van der Waals surface area contributed by atoms with E-state index in [9.17, 15) is 0 Å². The second kappa shape index (κ2) is 5.69. The first-order valence-electron chi connectivity index (χ1n) is 5.50. The van der Waals surface area contributed by atoms with Gasteiger partial charge >= 0.3 is 0 Å². The van der Waals surface area contributed by atoms with Crippen LogP contribution in [-0.2, 0) is 6.54 Å². The molecule has 18 heavy (non-hydrogen) atoms. The molecule has 4 nitrogen and oxygen atoms in total. The number of halogens is 1. The molecule has 1 heterocycles. The highest BCUT2D eigenvalue weighted by molar-refractivity contribution is 6.30. The Balaban J connectivity index is 2.05. The Bertz CT molecular complexity index is 499. The molecule has 0 saturated carbocycles. The van der Waals surface area contributed by atoms with Crippen molar-refractivity contribution in [2.45, 2.75) is 6.54 Å². The van der Waals surface area contributed by atoms with Gasteiger partial charge in [0.05, 0.1) is 24.5 Å². The van der Waals surface area contributed by atoms with Crippen molar-refractivity contribution in [1.29, 1.82) is 0 Å². The predicted octanol–water partition coefficient (Wildman–Crippen LogP) is 2.78. The van der Waals surface area contributed by atoms with E-state index in [-0.39, 0.29) is 0 Å². The maximum absolute atomic E-state index is 5.75. The van der Waals surface area contributed by atoms with E-state index in [2.05, 4.69) is 9.97 Å². The molecule has 0 fully saturated rings. The van der Waals surface area contributed by atoms with Gasteiger partial charge in [0.15, 0.2) is 0 Å². The van der Waals surface area contributed by atoms with Crippen LogP contribution >= 0.6 is 11.6 Å². The number of hydrogen-bond donors (Lipinski definition) is 0. The van der Waals surface area contributed by atoms with E-state index in [4.69, 9.17) is 16.3 Å². The molecule has 1 aromatic carbocycles. The van der Waals surface area contributed by atoms with Crippen molar-refractivity contribution in [2.75, 3.05) is 19.1 Å². The zero-order chi connectivity index (χ0) is 13.0. The Morgan fingerprint density at radius 1 is 1.17 bits per heavy atom. The smallest absolute Gasteiger partial charge is 0.225 e. The normalized spacial score (nSPS) is 10.2. The Hall–Kier alpha value is -1.81. The molecule has 0 amide bonds. The standard InChI is InChI=1S/C13H14ClN3O/c1-17(13-15-7-11(14)8-16-13)9-10-3-5-12(18-2)6-4-10/h3-8H,9H2,1-2H3. The molecule has 0 bridgehead atoms. The highest BCUT2D eigenvalue weighted by Gasteiger charge is 2.05. The fourth-order valence-electron chi connectivity index (χ4n) is 1.58. The molecule has 0 atom stereocenters. The highest BCUT2D eigenvalue weighted by atomic mass is 35.5. The molecule has 2 aromatic rings. The van der Waals surface area contributed by atoms with Gasteiger partial charge in [0.1, 0.15) is 5.75 Å². The lowest BCUT2D eigenvalue weighted by molar-refractivity contribution is 0.414. The summed E-state index contributed by atoms with van der Waals surface area (Å²) in [6.45, 7) is 0.728. The number of anilines is 1. The average Bonchev–Trinajstić information content (AvgIpc) is 2.40. The summed E-state index contributed by atoms with van der Waals surface area (Å²) in [5, 5.41) is 0.539. The average molecular weight is 264 g/mol. The second-order valence-electron chi connectivity index (χ2n) is 3.91. The van der Waals surface area contributed by atoms with Crippen molar-refractivity contribution in [3.8, 4) is 5.75 Å². The van der Waals surface area contributed by atoms with Gasteiger partial charge in [-0.3, -0.25) is 0 Å². The summed E-state index contributed by atoms with van der Waals surface area (Å²) >= 11 is 5.75. The molecule has 2 rings (SSSR count). The first-order valence-corrected chi connectivity index (χ1v) is 5.88. The molecule has 0 aliphatic carbocycles. The summed E-state index contributed by atoms with van der Waals surface area (Å²) in [6, 6.07) is 7.91. The molecule has 0 aliphatic rings. The number of aromatic nitrogens is 2. The van der Waals surface area contributed by atoms with E-state index in [1.807, 2.05) is 36.2 Å². The Labute approximate surface area is 111 Å². The van der Waals surface area contributed by atoms with Crippen LogP contribution in [0.15, 0.2) is 36.7 Å². The van der Waals surface area contributed by atoms with Crippen LogP contribution in [0.3, 0.4) is 0 Å². The number of ether oxygens (including phenoxy) is 1. The lowest BCUT2D eigenvalue weighted by Crippen LogP contribution is -2.18. The Morgan fingerprint density at radius 2 is 1.78 bits per heavy atom. The summed E-state index contributed by atoms with van der Waals surface area (Å²) in [7, 11) is 3.59. The number of benzene rings is 1. The number of nitrogens with zero attached hydrogens (tertiary/aromatic N) is 3. The predicted molar refractivity (Wildman–Crippen MR) is 72.1 cm³/mol. The SMILES string of the molecule is COc1ccc(CN(C)c2ncc(Cl)cn2)cc1. The molecule has 94 valence electrons. The third-order valence-corrected chi connectivity index (χ3v) is 2.72. The third-order valence-electron chi connectivity index (χ3n) is 2.53. The van der Waals surface area contributed by atoms with Crippen molar-refractivity contribution in [3.05, 3.63) is 47.2 Å². The van der Waals surface area contributed by atoms with E-state index in [0.29, 0.717) is 11.0 Å². The maximum atomic E-state index is 5.75. The van der Waals surface area contributed by atoms with Gasteiger partial charge in [-0.15, -0.1) is 0 Å². The largest absolute Gasteiger partial charge is 0.497 e. The van der Waals surface area contributed by atoms with Crippen LogP contribution in [0.4, 0.5) is 5.95 Å². The van der Waals surface area contributed by atoms with Gasteiger partial charge in [0.2, 0.25) is 5.95 Å². The van der Waals surface area contributed by atoms with Gasteiger partial charge in [0.25, 0.3) is 0 Å². The molecule has 0 N–H and O–H groups in total. The van der Waals surface area contributed by atoms with Crippen molar-refractivity contribution in [3.63, 3.8) is 0 Å². The molecular formula is C13H14ClN3O. The summed E-state index contributed by atoms with van der Waals surface area (Å²) in [5.41, 5.74) is 1.16. The number of methoxy groups -OCH3 is 1. The first-order chi connectivity index (χ1) is 8.69. The molecule has 0 aliphatic heterocycles. The highest BCUT2D eigenvalue weighted by Crippen LogP contribution is 2.15. The molecule has 0 saturated heterocycles. The molecule has 0 unspecified atom stereocenters. The minimum absolute atomic E-state index is 0.539. The van der Waals surface area contributed by atoms with Crippen LogP contribution in [0, 0.1) is 0 Å². The van der Waals surface area contributed by atoms with Gasteiger partial charge in [0, 0.05) is 13.6 Å². The second-order valence-corrected chi connectivity index (χ2v) is 4.34. The van der Waals surface area contributed by atoms with E-state index >= 15 is 0 Å². The van der Waals surface area contributed by atoms with E-state index in [0.717, 1.165) is 17.9 Å². The Morgan fingerprint density at radius 3 is 2.33 bits per heavy atom. The quantitative estimate of drug-likeness (QED) is 0.850. The molecule has 5 heteroatoms. The summed E-state index contributed by atoms with van der Waals surface area (Å²) in [6.07, 6.45) is 3.18. The Kier molecular flexibility index (Phi) is 3.99. The van der Waals surface area contributed by atoms with E-state index in [1.54, 1.807) is 19.5 Å². The van der Waals surface area contributed by atoms with E-state index in [1.165, 1.54) is 0 Å². The molecular weight excluding hydrogens is 250 g/mol. The minimum Gasteiger partial charge on any atom is -0.497 e. The summed E-state index contributed by atoms with van der Waals surface area (Å²) in [5.74, 6) is 1.50. The van der Waals surface area contributed by atoms with Crippen molar-refractivity contribution in [2.24, 2.45) is 0 Å². The van der Waals surface area contributed by atoms with Gasteiger partial charge < -0.3 is 9.64 Å². The number of hydrogen-bond acceptors (Lipinski definition) is 4.